The van der Waals surface area contributed by atoms with Crippen molar-refractivity contribution in [1.29, 1.82) is 0 Å². The molecule has 2 rings (SSSR count). The number of guanidine groups is 1. The zero-order valence-electron chi connectivity index (χ0n) is 16.0. The van der Waals surface area contributed by atoms with Crippen LogP contribution in [0.5, 0.6) is 0 Å². The summed E-state index contributed by atoms with van der Waals surface area (Å²) in [6.07, 6.45) is 3.29. The number of nitrogens with one attached hydrogen (secondary N) is 2. The van der Waals surface area contributed by atoms with Crippen LogP contribution < -0.4 is 10.6 Å². The monoisotopic (exact) mass is 374 g/mol. The molecule has 0 aliphatic rings. The molecule has 0 bridgehead atoms. The summed E-state index contributed by atoms with van der Waals surface area (Å²) in [5, 5.41) is 7.76. The topological polar surface area (TPSA) is 58.5 Å². The van der Waals surface area contributed by atoms with Crippen molar-refractivity contribution in [2.75, 3.05) is 26.8 Å². The van der Waals surface area contributed by atoms with Gasteiger partial charge in [0, 0.05) is 37.2 Å². The van der Waals surface area contributed by atoms with Crippen molar-refractivity contribution < 1.29 is 4.74 Å². The van der Waals surface area contributed by atoms with Gasteiger partial charge in [-0.25, -0.2) is 4.98 Å². The number of thiazole rings is 1. The zero-order chi connectivity index (χ0) is 18.6. The van der Waals surface area contributed by atoms with E-state index in [1.54, 1.807) is 18.4 Å². The van der Waals surface area contributed by atoms with Gasteiger partial charge in [-0.15, -0.1) is 11.3 Å². The average Bonchev–Trinajstić information content (AvgIpc) is 3.05. The largest absolute Gasteiger partial charge is 0.381 e. The molecule has 142 valence electrons. The minimum absolute atomic E-state index is 0.725. The van der Waals surface area contributed by atoms with Gasteiger partial charge in [0.15, 0.2) is 5.96 Å². The molecule has 0 amide bonds. The summed E-state index contributed by atoms with van der Waals surface area (Å²) in [6.45, 7) is 7.46. The number of nitrogens with zero attached hydrogens (tertiary/aromatic N) is 2. The van der Waals surface area contributed by atoms with Crippen molar-refractivity contribution in [2.24, 2.45) is 4.99 Å². The molecule has 0 spiro atoms. The lowest BCUT2D eigenvalue weighted by Gasteiger charge is -2.11. The number of ether oxygens (including phenoxy) is 1. The third kappa shape index (κ3) is 6.77. The lowest BCUT2D eigenvalue weighted by atomic mass is 10.2. The van der Waals surface area contributed by atoms with E-state index in [9.17, 15) is 0 Å². The first-order valence-electron chi connectivity index (χ1n) is 9.28. The summed E-state index contributed by atoms with van der Waals surface area (Å²) in [4.78, 5) is 10.2. The molecule has 0 radical (unpaired) electrons. The Balaban J connectivity index is 1.75. The fourth-order valence-corrected chi connectivity index (χ4v) is 3.42. The predicted molar refractivity (Wildman–Crippen MR) is 111 cm³/mol. The normalized spacial score (nSPS) is 11.6. The number of hydrogen-bond donors (Lipinski definition) is 2. The van der Waals surface area contributed by atoms with E-state index in [1.807, 2.05) is 18.2 Å². The Labute approximate surface area is 160 Å². The summed E-state index contributed by atoms with van der Waals surface area (Å²) >= 11 is 1.73. The predicted octanol–water partition coefficient (Wildman–Crippen LogP) is 3.99. The van der Waals surface area contributed by atoms with E-state index in [4.69, 9.17) is 9.72 Å². The molecule has 0 saturated heterocycles. The highest BCUT2D eigenvalue weighted by Gasteiger charge is 2.09. The Kier molecular flexibility index (Phi) is 9.14. The van der Waals surface area contributed by atoms with Crippen LogP contribution in [0.25, 0.3) is 10.6 Å². The molecule has 0 aliphatic heterocycles. The Bertz CT molecular complexity index is 670. The van der Waals surface area contributed by atoms with Crippen LogP contribution in [0.15, 0.2) is 35.3 Å². The Hall–Kier alpha value is -1.92. The van der Waals surface area contributed by atoms with Crippen LogP contribution in [0.3, 0.4) is 0 Å². The SMILES string of the molecule is CCCCOCCCNC(=NC)NCc1sc(-c2ccccc2)nc1C. The number of rotatable bonds is 10. The molecule has 5 nitrogen and oxygen atoms in total. The smallest absolute Gasteiger partial charge is 0.191 e. The second-order valence-corrected chi connectivity index (χ2v) is 7.15. The lowest BCUT2D eigenvalue weighted by Crippen LogP contribution is -2.37. The van der Waals surface area contributed by atoms with Crippen molar-refractivity contribution in [3.63, 3.8) is 0 Å². The first-order chi connectivity index (χ1) is 12.7. The van der Waals surface area contributed by atoms with E-state index in [2.05, 4.69) is 41.6 Å². The minimum Gasteiger partial charge on any atom is -0.381 e. The number of aliphatic imine (C=N–C) groups is 1. The van der Waals surface area contributed by atoms with E-state index in [0.717, 1.165) is 61.4 Å². The van der Waals surface area contributed by atoms with Gasteiger partial charge in [0.05, 0.1) is 12.2 Å². The molecule has 1 heterocycles. The van der Waals surface area contributed by atoms with Crippen LogP contribution >= 0.6 is 11.3 Å². The molecule has 6 heteroatoms. The first-order valence-corrected chi connectivity index (χ1v) is 10.1. The maximum absolute atomic E-state index is 5.57. The molecule has 0 fully saturated rings. The quantitative estimate of drug-likeness (QED) is 0.375. The molecule has 1 aromatic heterocycles. The van der Waals surface area contributed by atoms with Gasteiger partial charge in [0.1, 0.15) is 5.01 Å². The van der Waals surface area contributed by atoms with Crippen molar-refractivity contribution in [3.05, 3.63) is 40.9 Å². The molecule has 2 aromatic rings. The standard InChI is InChI=1S/C20H30N4OS/c1-4-5-13-25-14-9-12-22-20(21-3)23-15-18-16(2)24-19(26-18)17-10-7-6-8-11-17/h6-8,10-11H,4-5,9,12-15H2,1-3H3,(H2,21,22,23). The summed E-state index contributed by atoms with van der Waals surface area (Å²) < 4.78 is 5.57. The number of aryl methyl sites for hydroxylation is 1. The maximum atomic E-state index is 5.57. The number of benzene rings is 1. The third-order valence-electron chi connectivity index (χ3n) is 3.95. The second kappa shape index (κ2) is 11.6. The summed E-state index contributed by atoms with van der Waals surface area (Å²) in [5.74, 6) is 0.813. The van der Waals surface area contributed by atoms with E-state index < -0.39 is 0 Å². The van der Waals surface area contributed by atoms with Gasteiger partial charge in [-0.3, -0.25) is 4.99 Å². The highest BCUT2D eigenvalue weighted by atomic mass is 32.1. The van der Waals surface area contributed by atoms with Gasteiger partial charge in [-0.1, -0.05) is 43.7 Å². The lowest BCUT2D eigenvalue weighted by molar-refractivity contribution is 0.129. The molecular formula is C20H30N4OS. The number of aromatic nitrogens is 1. The highest BCUT2D eigenvalue weighted by molar-refractivity contribution is 7.15. The van der Waals surface area contributed by atoms with Crippen LogP contribution in [0.4, 0.5) is 0 Å². The molecule has 0 saturated carbocycles. The molecular weight excluding hydrogens is 344 g/mol. The van der Waals surface area contributed by atoms with E-state index >= 15 is 0 Å². The van der Waals surface area contributed by atoms with Crippen LogP contribution in [-0.2, 0) is 11.3 Å². The second-order valence-electron chi connectivity index (χ2n) is 6.07. The van der Waals surface area contributed by atoms with Gasteiger partial charge in [0.25, 0.3) is 0 Å². The molecule has 0 unspecified atom stereocenters. The van der Waals surface area contributed by atoms with Gasteiger partial charge in [-0.2, -0.15) is 0 Å². The molecule has 1 aromatic carbocycles. The van der Waals surface area contributed by atoms with Gasteiger partial charge in [-0.05, 0) is 19.8 Å². The Morgan fingerprint density at radius 1 is 1.15 bits per heavy atom. The van der Waals surface area contributed by atoms with Crippen LogP contribution in [-0.4, -0.2) is 37.7 Å². The van der Waals surface area contributed by atoms with Crippen molar-refractivity contribution in [2.45, 2.75) is 39.7 Å². The van der Waals surface area contributed by atoms with Crippen molar-refractivity contribution in [3.8, 4) is 10.6 Å². The Morgan fingerprint density at radius 2 is 1.92 bits per heavy atom. The maximum Gasteiger partial charge on any atom is 0.191 e. The van der Waals surface area contributed by atoms with Crippen molar-refractivity contribution >= 4 is 17.3 Å². The summed E-state index contributed by atoms with van der Waals surface area (Å²) in [7, 11) is 1.79. The van der Waals surface area contributed by atoms with E-state index in [0.29, 0.717) is 0 Å². The zero-order valence-corrected chi connectivity index (χ0v) is 16.9. The minimum atomic E-state index is 0.725. The molecule has 0 atom stereocenters. The molecule has 0 aliphatic carbocycles. The third-order valence-corrected chi connectivity index (χ3v) is 5.16. The fraction of sp³-hybridized carbons (Fsp3) is 0.500. The van der Waals surface area contributed by atoms with Crippen molar-refractivity contribution in [1.82, 2.24) is 15.6 Å². The van der Waals surface area contributed by atoms with Crippen LogP contribution in [0.2, 0.25) is 0 Å². The van der Waals surface area contributed by atoms with Gasteiger partial charge >= 0.3 is 0 Å². The molecule has 26 heavy (non-hydrogen) atoms. The Morgan fingerprint density at radius 3 is 2.65 bits per heavy atom. The van der Waals surface area contributed by atoms with Crippen LogP contribution in [0.1, 0.15) is 36.8 Å². The number of unbranched alkanes of at least 4 members (excludes halogenated alkanes) is 1. The molecule has 2 N–H and O–H groups in total. The van der Waals surface area contributed by atoms with Gasteiger partial charge < -0.3 is 15.4 Å². The fourth-order valence-electron chi connectivity index (χ4n) is 2.41. The summed E-state index contributed by atoms with van der Waals surface area (Å²) in [6, 6.07) is 10.3. The first kappa shape index (κ1) is 20.4. The van der Waals surface area contributed by atoms with Gasteiger partial charge in [0.2, 0.25) is 0 Å². The van der Waals surface area contributed by atoms with E-state index in [-0.39, 0.29) is 0 Å². The average molecular weight is 375 g/mol. The highest BCUT2D eigenvalue weighted by Crippen LogP contribution is 2.27. The number of hydrogen-bond acceptors (Lipinski definition) is 4. The summed E-state index contributed by atoms with van der Waals surface area (Å²) in [5.41, 5.74) is 2.23. The van der Waals surface area contributed by atoms with Crippen LogP contribution in [0, 0.1) is 6.92 Å². The van der Waals surface area contributed by atoms with E-state index in [1.165, 1.54) is 11.3 Å².